The summed E-state index contributed by atoms with van der Waals surface area (Å²) in [6.45, 7) is 4.54. The van der Waals surface area contributed by atoms with Gasteiger partial charge >= 0.3 is 5.69 Å². The van der Waals surface area contributed by atoms with Crippen molar-refractivity contribution in [1.29, 1.82) is 0 Å². The number of hydrogen-bond acceptors (Lipinski definition) is 4. The first-order valence-electron chi connectivity index (χ1n) is 9.26. The number of anilines is 1. The molecule has 1 atom stereocenters. The van der Waals surface area contributed by atoms with Crippen LogP contribution in [-0.2, 0) is 15.0 Å². The molecule has 0 aromatic heterocycles. The van der Waals surface area contributed by atoms with Gasteiger partial charge in [0, 0.05) is 31.0 Å². The highest BCUT2D eigenvalue weighted by molar-refractivity contribution is 6.00. The molecule has 7 nitrogen and oxygen atoms in total. The number of nitrogens with one attached hydrogen (secondary N) is 1. The maximum absolute atomic E-state index is 13.6. The molecule has 0 bridgehead atoms. The summed E-state index contributed by atoms with van der Waals surface area (Å²) in [7, 11) is 0. The Bertz CT molecular complexity index is 946. The van der Waals surface area contributed by atoms with Crippen LogP contribution in [0.3, 0.4) is 0 Å². The first-order chi connectivity index (χ1) is 13.7. The van der Waals surface area contributed by atoms with Gasteiger partial charge in [-0.3, -0.25) is 19.7 Å². The first kappa shape index (κ1) is 20.4. The van der Waals surface area contributed by atoms with Gasteiger partial charge in [0.1, 0.15) is 0 Å². The molecule has 2 aromatic rings. The number of halogens is 1. The van der Waals surface area contributed by atoms with Crippen LogP contribution in [0.25, 0.3) is 0 Å². The molecule has 2 aromatic carbocycles. The van der Waals surface area contributed by atoms with Crippen molar-refractivity contribution in [3.63, 3.8) is 0 Å². The van der Waals surface area contributed by atoms with Gasteiger partial charge in [-0.15, -0.1) is 0 Å². The molecule has 2 amide bonds. The molecule has 1 aliphatic heterocycles. The molecule has 1 unspecified atom stereocenters. The number of nitro benzene ring substituents is 1. The van der Waals surface area contributed by atoms with E-state index in [1.807, 2.05) is 44.2 Å². The summed E-state index contributed by atoms with van der Waals surface area (Å²) in [5, 5.41) is 13.8. The predicted octanol–water partition coefficient (Wildman–Crippen LogP) is 3.18. The maximum atomic E-state index is 13.6. The molecule has 0 radical (unpaired) electrons. The Morgan fingerprint density at radius 3 is 2.62 bits per heavy atom. The second kappa shape index (κ2) is 7.98. The number of carbonyl (C=O) groups is 2. The van der Waals surface area contributed by atoms with Gasteiger partial charge in [-0.05, 0) is 17.7 Å². The lowest BCUT2D eigenvalue weighted by Crippen LogP contribution is -2.40. The highest BCUT2D eigenvalue weighted by Gasteiger charge is 2.36. The summed E-state index contributed by atoms with van der Waals surface area (Å²) < 4.78 is 13.6. The summed E-state index contributed by atoms with van der Waals surface area (Å²) >= 11 is 0. The minimum absolute atomic E-state index is 0.00275. The zero-order valence-electron chi connectivity index (χ0n) is 16.2. The number of hydrogen-bond donors (Lipinski definition) is 1. The molecule has 1 heterocycles. The number of benzene rings is 2. The quantitative estimate of drug-likeness (QED) is 0.596. The third-order valence-electron chi connectivity index (χ3n) is 5.19. The lowest BCUT2D eigenvalue weighted by atomic mass is 9.84. The second-order valence-electron chi connectivity index (χ2n) is 7.77. The fraction of sp³-hybridized carbons (Fsp3) is 0.333. The summed E-state index contributed by atoms with van der Waals surface area (Å²) in [6, 6.07) is 13.1. The van der Waals surface area contributed by atoms with E-state index in [0.717, 1.165) is 17.7 Å². The average Bonchev–Trinajstić information content (AvgIpc) is 3.09. The molecular formula is C21H22FN3O4. The van der Waals surface area contributed by atoms with Crippen LogP contribution in [0.15, 0.2) is 48.5 Å². The molecule has 8 heteroatoms. The van der Waals surface area contributed by atoms with E-state index in [1.165, 1.54) is 11.0 Å². The topological polar surface area (TPSA) is 92.6 Å². The van der Waals surface area contributed by atoms with E-state index in [0.29, 0.717) is 6.54 Å². The van der Waals surface area contributed by atoms with Gasteiger partial charge in [0.25, 0.3) is 0 Å². The van der Waals surface area contributed by atoms with Crippen molar-refractivity contribution in [2.75, 3.05) is 18.0 Å². The smallest absolute Gasteiger partial charge is 0.306 e. The van der Waals surface area contributed by atoms with Gasteiger partial charge in [-0.1, -0.05) is 44.2 Å². The standard InChI is InChI=1S/C21H22FN3O4/c1-21(2,15-6-4-3-5-7-15)13-23-20(27)14-10-19(26)24(12-14)16-8-9-17(22)18(11-16)25(28)29/h3-9,11,14H,10,12-13H2,1-2H3,(H,23,27). The minimum atomic E-state index is -0.970. The first-order valence-corrected chi connectivity index (χ1v) is 9.26. The van der Waals surface area contributed by atoms with Crippen molar-refractivity contribution < 1.29 is 18.9 Å². The zero-order valence-corrected chi connectivity index (χ0v) is 16.2. The summed E-state index contributed by atoms with van der Waals surface area (Å²) in [6.07, 6.45) is 0.00275. The monoisotopic (exact) mass is 399 g/mol. The Labute approximate surface area is 167 Å². The normalized spacial score (nSPS) is 16.7. The SMILES string of the molecule is CC(C)(CNC(=O)C1CC(=O)N(c2ccc(F)c([N+](=O)[O-])c2)C1)c1ccccc1. The summed E-state index contributed by atoms with van der Waals surface area (Å²) in [5.41, 5.74) is 0.315. The van der Waals surface area contributed by atoms with E-state index >= 15 is 0 Å². The molecule has 0 spiro atoms. The van der Waals surface area contributed by atoms with Crippen LogP contribution in [0.2, 0.25) is 0 Å². The number of rotatable bonds is 6. The Morgan fingerprint density at radius 2 is 1.97 bits per heavy atom. The van der Waals surface area contributed by atoms with Gasteiger partial charge < -0.3 is 10.2 Å². The Balaban J connectivity index is 1.66. The van der Waals surface area contributed by atoms with Crippen molar-refractivity contribution in [2.45, 2.75) is 25.7 Å². The molecule has 29 heavy (non-hydrogen) atoms. The molecule has 0 aliphatic carbocycles. The van der Waals surface area contributed by atoms with E-state index in [-0.39, 0.29) is 35.9 Å². The predicted molar refractivity (Wildman–Crippen MR) is 106 cm³/mol. The molecule has 3 rings (SSSR count). The molecule has 0 saturated carbocycles. The molecule has 1 aliphatic rings. The van der Waals surface area contributed by atoms with Gasteiger partial charge in [0.05, 0.1) is 16.5 Å². The fourth-order valence-corrected chi connectivity index (χ4v) is 3.39. The molecule has 152 valence electrons. The molecule has 1 saturated heterocycles. The van der Waals surface area contributed by atoms with Crippen LogP contribution in [-0.4, -0.2) is 29.8 Å². The van der Waals surface area contributed by atoms with Crippen LogP contribution in [0.4, 0.5) is 15.8 Å². The van der Waals surface area contributed by atoms with Crippen LogP contribution in [0.1, 0.15) is 25.8 Å². The molecule has 1 fully saturated rings. The number of carbonyl (C=O) groups excluding carboxylic acids is 2. The lowest BCUT2D eigenvalue weighted by molar-refractivity contribution is -0.387. The minimum Gasteiger partial charge on any atom is -0.355 e. The van der Waals surface area contributed by atoms with Crippen molar-refractivity contribution >= 4 is 23.2 Å². The third-order valence-corrected chi connectivity index (χ3v) is 5.19. The zero-order chi connectivity index (χ0) is 21.2. The van der Waals surface area contributed by atoms with Gasteiger partial charge in [0.2, 0.25) is 17.6 Å². The van der Waals surface area contributed by atoms with Crippen molar-refractivity contribution in [1.82, 2.24) is 5.32 Å². The highest BCUT2D eigenvalue weighted by Crippen LogP contribution is 2.30. The van der Waals surface area contributed by atoms with Crippen LogP contribution in [0, 0.1) is 21.8 Å². The van der Waals surface area contributed by atoms with Gasteiger partial charge in [-0.25, -0.2) is 0 Å². The van der Waals surface area contributed by atoms with E-state index in [2.05, 4.69) is 5.32 Å². The van der Waals surface area contributed by atoms with Crippen molar-refractivity contribution in [3.05, 3.63) is 70.0 Å². The van der Waals surface area contributed by atoms with Gasteiger partial charge in [0.15, 0.2) is 0 Å². The van der Waals surface area contributed by atoms with Crippen LogP contribution in [0.5, 0.6) is 0 Å². The maximum Gasteiger partial charge on any atom is 0.306 e. The van der Waals surface area contributed by atoms with E-state index in [9.17, 15) is 24.1 Å². The number of nitrogens with zero attached hydrogens (tertiary/aromatic N) is 2. The van der Waals surface area contributed by atoms with Gasteiger partial charge in [-0.2, -0.15) is 4.39 Å². The van der Waals surface area contributed by atoms with E-state index < -0.39 is 22.3 Å². The number of nitro groups is 1. The second-order valence-corrected chi connectivity index (χ2v) is 7.77. The summed E-state index contributed by atoms with van der Waals surface area (Å²) in [5.74, 6) is -2.11. The molecule has 1 N–H and O–H groups in total. The van der Waals surface area contributed by atoms with Crippen LogP contribution >= 0.6 is 0 Å². The van der Waals surface area contributed by atoms with Crippen molar-refractivity contribution in [3.8, 4) is 0 Å². The van der Waals surface area contributed by atoms with Crippen LogP contribution < -0.4 is 10.2 Å². The fourth-order valence-electron chi connectivity index (χ4n) is 3.39. The molecular weight excluding hydrogens is 377 g/mol. The lowest BCUT2D eigenvalue weighted by Gasteiger charge is -2.26. The van der Waals surface area contributed by atoms with E-state index in [1.54, 1.807) is 0 Å². The van der Waals surface area contributed by atoms with E-state index in [4.69, 9.17) is 0 Å². The largest absolute Gasteiger partial charge is 0.355 e. The Kier molecular flexibility index (Phi) is 5.63. The average molecular weight is 399 g/mol. The van der Waals surface area contributed by atoms with Crippen molar-refractivity contribution in [2.24, 2.45) is 5.92 Å². The Hall–Kier alpha value is -3.29. The third kappa shape index (κ3) is 4.42. The summed E-state index contributed by atoms with van der Waals surface area (Å²) in [4.78, 5) is 36.4. The Morgan fingerprint density at radius 1 is 1.28 bits per heavy atom. The highest BCUT2D eigenvalue weighted by atomic mass is 19.1. The number of amides is 2.